The van der Waals surface area contributed by atoms with Crippen LogP contribution < -0.4 is 0 Å². The lowest BCUT2D eigenvalue weighted by Gasteiger charge is -2.02. The van der Waals surface area contributed by atoms with Crippen molar-refractivity contribution in [3.63, 3.8) is 0 Å². The average Bonchev–Trinajstić information content (AvgIpc) is 2.70. The van der Waals surface area contributed by atoms with Crippen molar-refractivity contribution >= 4 is 21.9 Å². The second kappa shape index (κ2) is 5.26. The quantitative estimate of drug-likeness (QED) is 0.935. The van der Waals surface area contributed by atoms with E-state index < -0.39 is 5.97 Å². The molecule has 2 aromatic rings. The van der Waals surface area contributed by atoms with Crippen molar-refractivity contribution in [2.45, 2.75) is 13.0 Å². The van der Waals surface area contributed by atoms with E-state index in [1.165, 1.54) is 10.7 Å². The number of benzene rings is 1. The summed E-state index contributed by atoms with van der Waals surface area (Å²) >= 11 is 3.10. The third kappa shape index (κ3) is 3.13. The molecular weight excluding hydrogens is 305 g/mol. The molecule has 0 fully saturated rings. The molecule has 1 aromatic carbocycles. The van der Waals surface area contributed by atoms with Crippen LogP contribution in [-0.2, 0) is 17.8 Å². The minimum Gasteiger partial charge on any atom is -0.481 e. The van der Waals surface area contributed by atoms with Crippen molar-refractivity contribution in [3.8, 4) is 0 Å². The monoisotopic (exact) mass is 313 g/mol. The molecule has 1 N–H and O–H groups in total. The van der Waals surface area contributed by atoms with Gasteiger partial charge in [0.1, 0.15) is 5.82 Å². The highest BCUT2D eigenvalue weighted by Gasteiger charge is 2.07. The van der Waals surface area contributed by atoms with Crippen LogP contribution in [0, 0.1) is 5.82 Å². The van der Waals surface area contributed by atoms with E-state index in [0.29, 0.717) is 16.7 Å². The molecule has 94 valence electrons. The molecular formula is C11H9BrFN3O2. The van der Waals surface area contributed by atoms with Crippen LogP contribution in [0.5, 0.6) is 0 Å². The van der Waals surface area contributed by atoms with Gasteiger partial charge in [-0.2, -0.15) is 0 Å². The molecule has 0 saturated heterocycles. The normalized spacial score (nSPS) is 10.6. The van der Waals surface area contributed by atoms with Gasteiger partial charge in [-0.15, -0.1) is 5.10 Å². The molecule has 0 bridgehead atoms. The number of carboxylic acids is 1. The van der Waals surface area contributed by atoms with Crippen molar-refractivity contribution < 1.29 is 14.3 Å². The van der Waals surface area contributed by atoms with Crippen LogP contribution in [0.1, 0.15) is 11.3 Å². The maximum Gasteiger partial charge on any atom is 0.309 e. The largest absolute Gasteiger partial charge is 0.481 e. The summed E-state index contributed by atoms with van der Waals surface area (Å²) in [4.78, 5) is 10.5. The summed E-state index contributed by atoms with van der Waals surface area (Å²) in [6, 6.07) is 4.64. The molecule has 0 aliphatic carbocycles. The summed E-state index contributed by atoms with van der Waals surface area (Å²) in [5.41, 5.74) is 1.23. The molecule has 0 radical (unpaired) electrons. The fourth-order valence-corrected chi connectivity index (χ4v) is 1.90. The number of nitrogens with zero attached hydrogens (tertiary/aromatic N) is 3. The van der Waals surface area contributed by atoms with E-state index >= 15 is 0 Å². The predicted molar refractivity (Wildman–Crippen MR) is 64.6 cm³/mol. The third-order valence-corrected chi connectivity index (χ3v) is 2.85. The second-order valence-corrected chi connectivity index (χ2v) is 4.58. The summed E-state index contributed by atoms with van der Waals surface area (Å²) in [7, 11) is 0. The Morgan fingerprint density at radius 3 is 2.94 bits per heavy atom. The predicted octanol–water partition coefficient (Wildman–Crippen LogP) is 1.86. The molecule has 0 unspecified atom stereocenters. The number of carbonyl (C=O) groups is 1. The van der Waals surface area contributed by atoms with Crippen molar-refractivity contribution in [1.82, 2.24) is 15.0 Å². The Morgan fingerprint density at radius 1 is 1.50 bits per heavy atom. The highest BCUT2D eigenvalue weighted by Crippen LogP contribution is 2.17. The topological polar surface area (TPSA) is 68.0 Å². The molecule has 0 saturated carbocycles. The molecule has 0 atom stereocenters. The number of aromatic nitrogens is 3. The zero-order chi connectivity index (χ0) is 13.1. The fraction of sp³-hybridized carbons (Fsp3) is 0.182. The molecule has 0 amide bonds. The van der Waals surface area contributed by atoms with Crippen molar-refractivity contribution in [1.29, 1.82) is 0 Å². The Balaban J connectivity index is 2.11. The Bertz CT molecular complexity index is 585. The Kier molecular flexibility index (Phi) is 3.71. The molecule has 2 rings (SSSR count). The summed E-state index contributed by atoms with van der Waals surface area (Å²) < 4.78 is 14.9. The third-order valence-electron chi connectivity index (χ3n) is 2.25. The highest BCUT2D eigenvalue weighted by atomic mass is 79.9. The summed E-state index contributed by atoms with van der Waals surface area (Å²) in [6.07, 6.45) is 1.40. The summed E-state index contributed by atoms with van der Waals surface area (Å²) in [5, 5.41) is 16.2. The fourth-order valence-electron chi connectivity index (χ4n) is 1.48. The van der Waals surface area contributed by atoms with E-state index in [-0.39, 0.29) is 12.2 Å². The lowest BCUT2D eigenvalue weighted by molar-refractivity contribution is -0.136. The molecule has 0 spiro atoms. The number of halogens is 2. The van der Waals surface area contributed by atoms with E-state index in [4.69, 9.17) is 5.11 Å². The van der Waals surface area contributed by atoms with Crippen LogP contribution in [0.25, 0.3) is 0 Å². The molecule has 18 heavy (non-hydrogen) atoms. The Morgan fingerprint density at radius 2 is 2.28 bits per heavy atom. The van der Waals surface area contributed by atoms with Gasteiger partial charge in [0.2, 0.25) is 0 Å². The number of aliphatic carboxylic acids is 1. The van der Waals surface area contributed by atoms with Gasteiger partial charge < -0.3 is 5.11 Å². The lowest BCUT2D eigenvalue weighted by Crippen LogP contribution is -2.01. The minimum atomic E-state index is -0.952. The van der Waals surface area contributed by atoms with E-state index in [9.17, 15) is 9.18 Å². The van der Waals surface area contributed by atoms with E-state index in [1.807, 2.05) is 0 Å². The standard InChI is InChI=1S/C11H9BrFN3O2/c12-9-3-7(1-2-10(9)13)5-16-6-8(14-15-16)4-11(17)18/h1-3,6H,4-5H2,(H,17,18). The van der Waals surface area contributed by atoms with Gasteiger partial charge in [-0.1, -0.05) is 11.3 Å². The van der Waals surface area contributed by atoms with Crippen LogP contribution in [0.4, 0.5) is 4.39 Å². The number of hydrogen-bond donors (Lipinski definition) is 1. The van der Waals surface area contributed by atoms with Gasteiger partial charge in [0.05, 0.1) is 23.1 Å². The maximum absolute atomic E-state index is 13.0. The first kappa shape index (κ1) is 12.7. The number of carboxylic acid groups (broad SMARTS) is 1. The molecule has 7 heteroatoms. The molecule has 1 heterocycles. The van der Waals surface area contributed by atoms with Gasteiger partial charge in [0, 0.05) is 6.20 Å². The first-order valence-corrected chi connectivity index (χ1v) is 5.88. The number of hydrogen-bond acceptors (Lipinski definition) is 3. The lowest BCUT2D eigenvalue weighted by atomic mass is 10.2. The summed E-state index contributed by atoms with van der Waals surface area (Å²) in [5.74, 6) is -1.28. The second-order valence-electron chi connectivity index (χ2n) is 3.73. The highest BCUT2D eigenvalue weighted by molar-refractivity contribution is 9.10. The Labute approximate surface area is 110 Å². The zero-order valence-electron chi connectivity index (χ0n) is 9.18. The van der Waals surface area contributed by atoms with Crippen LogP contribution in [-0.4, -0.2) is 26.1 Å². The zero-order valence-corrected chi connectivity index (χ0v) is 10.8. The summed E-state index contributed by atoms with van der Waals surface area (Å²) in [6.45, 7) is 0.408. The van der Waals surface area contributed by atoms with Gasteiger partial charge in [-0.3, -0.25) is 4.79 Å². The number of rotatable bonds is 4. The first-order chi connectivity index (χ1) is 8.54. The van der Waals surface area contributed by atoms with Crippen molar-refractivity contribution in [2.24, 2.45) is 0 Å². The van der Waals surface area contributed by atoms with Gasteiger partial charge in [0.25, 0.3) is 0 Å². The van der Waals surface area contributed by atoms with E-state index in [2.05, 4.69) is 26.2 Å². The van der Waals surface area contributed by atoms with Gasteiger partial charge in [0.15, 0.2) is 0 Å². The first-order valence-electron chi connectivity index (χ1n) is 5.09. The van der Waals surface area contributed by atoms with Crippen molar-refractivity contribution in [2.75, 3.05) is 0 Å². The van der Waals surface area contributed by atoms with E-state index in [1.54, 1.807) is 18.3 Å². The molecule has 0 aliphatic rings. The average molecular weight is 314 g/mol. The minimum absolute atomic E-state index is 0.160. The van der Waals surface area contributed by atoms with E-state index in [0.717, 1.165) is 5.56 Å². The molecule has 5 nitrogen and oxygen atoms in total. The van der Waals surface area contributed by atoms with Crippen LogP contribution in [0.2, 0.25) is 0 Å². The molecule has 1 aromatic heterocycles. The van der Waals surface area contributed by atoms with Gasteiger partial charge in [-0.25, -0.2) is 9.07 Å². The van der Waals surface area contributed by atoms with Crippen LogP contribution >= 0.6 is 15.9 Å². The molecule has 0 aliphatic heterocycles. The van der Waals surface area contributed by atoms with Gasteiger partial charge in [-0.05, 0) is 33.6 Å². The smallest absolute Gasteiger partial charge is 0.309 e. The van der Waals surface area contributed by atoms with Crippen LogP contribution in [0.15, 0.2) is 28.9 Å². The SMILES string of the molecule is O=C(O)Cc1cn(Cc2ccc(F)c(Br)c2)nn1. The van der Waals surface area contributed by atoms with Crippen molar-refractivity contribution in [3.05, 3.63) is 45.9 Å². The Hall–Kier alpha value is -1.76. The maximum atomic E-state index is 13.0. The van der Waals surface area contributed by atoms with Crippen LogP contribution in [0.3, 0.4) is 0 Å². The van der Waals surface area contributed by atoms with Gasteiger partial charge >= 0.3 is 5.97 Å².